The van der Waals surface area contributed by atoms with E-state index >= 15 is 0 Å². The molecule has 2 rings (SSSR count). The van der Waals surface area contributed by atoms with Crippen molar-refractivity contribution in [1.29, 1.82) is 0 Å². The van der Waals surface area contributed by atoms with E-state index in [2.05, 4.69) is 11.1 Å². The first-order valence-corrected chi connectivity index (χ1v) is 3.97. The van der Waals surface area contributed by atoms with Crippen LogP contribution in [0.2, 0.25) is 0 Å². The van der Waals surface area contributed by atoms with E-state index in [1.807, 2.05) is 18.2 Å². The third kappa shape index (κ3) is 1.51. The summed E-state index contributed by atoms with van der Waals surface area (Å²) in [7, 11) is 0. The summed E-state index contributed by atoms with van der Waals surface area (Å²) in [5.74, 6) is 0.244. The van der Waals surface area contributed by atoms with Crippen molar-refractivity contribution < 1.29 is 5.11 Å². The molecular weight excluding hydrogens is 162 g/mol. The third-order valence-electron chi connectivity index (χ3n) is 1.83. The lowest BCUT2D eigenvalue weighted by Crippen LogP contribution is -1.78. The second-order valence-corrected chi connectivity index (χ2v) is 2.68. The van der Waals surface area contributed by atoms with Crippen molar-refractivity contribution in [3.05, 3.63) is 48.8 Å². The quantitative estimate of drug-likeness (QED) is 0.712. The zero-order valence-corrected chi connectivity index (χ0v) is 6.94. The van der Waals surface area contributed by atoms with Gasteiger partial charge in [-0.25, -0.2) is 0 Å². The molecular formula is C11H8NO. The fraction of sp³-hybridized carbons (Fsp3) is 0. The van der Waals surface area contributed by atoms with Gasteiger partial charge in [-0.2, -0.15) is 0 Å². The molecule has 1 heterocycles. The van der Waals surface area contributed by atoms with Gasteiger partial charge in [-0.3, -0.25) is 4.98 Å². The first-order valence-electron chi connectivity index (χ1n) is 3.97. The Hall–Kier alpha value is -1.83. The molecule has 0 aliphatic heterocycles. The minimum absolute atomic E-state index is 0.244. The van der Waals surface area contributed by atoms with Gasteiger partial charge in [0.1, 0.15) is 5.75 Å². The summed E-state index contributed by atoms with van der Waals surface area (Å²) in [5.41, 5.74) is 1.77. The number of phenolic OH excluding ortho intramolecular Hbond substituents is 1. The van der Waals surface area contributed by atoms with E-state index in [1.165, 1.54) is 0 Å². The number of rotatable bonds is 1. The lowest BCUT2D eigenvalue weighted by Gasteiger charge is -2.02. The van der Waals surface area contributed by atoms with Crippen molar-refractivity contribution in [1.82, 2.24) is 4.98 Å². The molecule has 0 saturated carbocycles. The van der Waals surface area contributed by atoms with Gasteiger partial charge in [-0.05, 0) is 29.8 Å². The predicted octanol–water partition coefficient (Wildman–Crippen LogP) is 2.25. The van der Waals surface area contributed by atoms with E-state index in [0.29, 0.717) is 0 Å². The molecule has 0 aliphatic rings. The Kier molecular flexibility index (Phi) is 1.96. The summed E-state index contributed by atoms with van der Waals surface area (Å²) in [4.78, 5) is 3.91. The summed E-state index contributed by atoms with van der Waals surface area (Å²) in [6, 6.07) is 11.7. The molecule has 2 aromatic rings. The molecule has 0 amide bonds. The minimum Gasteiger partial charge on any atom is -0.507 e. The monoisotopic (exact) mass is 170 g/mol. The summed E-state index contributed by atoms with van der Waals surface area (Å²) < 4.78 is 0. The maximum atomic E-state index is 9.51. The molecule has 1 aromatic heterocycles. The highest BCUT2D eigenvalue weighted by molar-refractivity contribution is 5.69. The van der Waals surface area contributed by atoms with Crippen LogP contribution in [0.1, 0.15) is 0 Å². The lowest BCUT2D eigenvalue weighted by molar-refractivity contribution is 0.477. The highest BCUT2D eigenvalue weighted by atomic mass is 16.3. The van der Waals surface area contributed by atoms with Crippen molar-refractivity contribution in [2.24, 2.45) is 0 Å². The van der Waals surface area contributed by atoms with Gasteiger partial charge >= 0.3 is 0 Å². The maximum absolute atomic E-state index is 9.51. The molecule has 1 aromatic carbocycles. The van der Waals surface area contributed by atoms with Crippen molar-refractivity contribution in [3.63, 3.8) is 0 Å². The van der Waals surface area contributed by atoms with Crippen LogP contribution in [0.15, 0.2) is 42.7 Å². The molecule has 0 fully saturated rings. The predicted molar refractivity (Wildman–Crippen MR) is 50.2 cm³/mol. The Morgan fingerprint density at radius 2 is 1.92 bits per heavy atom. The lowest BCUT2D eigenvalue weighted by atomic mass is 10.1. The number of hydrogen-bond donors (Lipinski definition) is 1. The van der Waals surface area contributed by atoms with E-state index in [4.69, 9.17) is 0 Å². The molecule has 2 heteroatoms. The summed E-state index contributed by atoms with van der Waals surface area (Å²) in [6.45, 7) is 0. The smallest absolute Gasteiger partial charge is 0.124 e. The fourth-order valence-corrected chi connectivity index (χ4v) is 1.20. The van der Waals surface area contributed by atoms with Crippen LogP contribution in [0.3, 0.4) is 0 Å². The average molecular weight is 170 g/mol. The van der Waals surface area contributed by atoms with Gasteiger partial charge in [0.15, 0.2) is 0 Å². The molecule has 0 atom stereocenters. The number of benzene rings is 1. The van der Waals surface area contributed by atoms with Gasteiger partial charge in [0.05, 0.1) is 0 Å². The molecule has 63 valence electrons. The zero-order valence-electron chi connectivity index (χ0n) is 6.94. The number of phenols is 1. The molecule has 1 N–H and O–H groups in total. The second kappa shape index (κ2) is 3.27. The van der Waals surface area contributed by atoms with Gasteiger partial charge in [0.2, 0.25) is 0 Å². The van der Waals surface area contributed by atoms with Gasteiger partial charge in [0.25, 0.3) is 0 Å². The number of pyridine rings is 1. The topological polar surface area (TPSA) is 33.1 Å². The van der Waals surface area contributed by atoms with E-state index in [-0.39, 0.29) is 5.75 Å². The fourth-order valence-electron chi connectivity index (χ4n) is 1.20. The van der Waals surface area contributed by atoms with Crippen LogP contribution < -0.4 is 0 Å². The first kappa shape index (κ1) is 7.80. The Balaban J connectivity index is 2.54. The Labute approximate surface area is 76.5 Å². The number of hydrogen-bond acceptors (Lipinski definition) is 2. The van der Waals surface area contributed by atoms with Crippen LogP contribution in [0.4, 0.5) is 0 Å². The van der Waals surface area contributed by atoms with Crippen molar-refractivity contribution in [2.45, 2.75) is 0 Å². The van der Waals surface area contributed by atoms with Gasteiger partial charge in [0, 0.05) is 18.0 Å². The summed E-state index contributed by atoms with van der Waals surface area (Å²) in [6.07, 6.45) is 3.40. The van der Waals surface area contributed by atoms with Crippen LogP contribution in [0.25, 0.3) is 11.1 Å². The number of aromatic hydroxyl groups is 1. The van der Waals surface area contributed by atoms with E-state index < -0.39 is 0 Å². The SMILES string of the molecule is Oc1c[c]ccc1-c1ccncc1. The van der Waals surface area contributed by atoms with Crippen LogP contribution >= 0.6 is 0 Å². The zero-order chi connectivity index (χ0) is 9.10. The molecule has 1 radical (unpaired) electrons. The molecule has 0 bridgehead atoms. The summed E-state index contributed by atoms with van der Waals surface area (Å²) >= 11 is 0. The molecule has 0 aliphatic carbocycles. The van der Waals surface area contributed by atoms with Crippen LogP contribution in [-0.4, -0.2) is 10.1 Å². The standard InChI is InChI=1S/C11H8NO/c13-11-4-2-1-3-10(11)9-5-7-12-8-6-9/h1,3-8,13H. The first-order chi connectivity index (χ1) is 6.38. The highest BCUT2D eigenvalue weighted by Crippen LogP contribution is 2.27. The molecule has 0 spiro atoms. The van der Waals surface area contributed by atoms with Gasteiger partial charge < -0.3 is 5.11 Å². The van der Waals surface area contributed by atoms with Gasteiger partial charge in [-0.1, -0.05) is 12.1 Å². The molecule has 0 unspecified atom stereocenters. The van der Waals surface area contributed by atoms with Crippen molar-refractivity contribution in [2.75, 3.05) is 0 Å². The molecule has 13 heavy (non-hydrogen) atoms. The van der Waals surface area contributed by atoms with Crippen LogP contribution in [-0.2, 0) is 0 Å². The Morgan fingerprint density at radius 1 is 1.15 bits per heavy atom. The largest absolute Gasteiger partial charge is 0.507 e. The van der Waals surface area contributed by atoms with Crippen LogP contribution in [0, 0.1) is 6.07 Å². The third-order valence-corrected chi connectivity index (χ3v) is 1.83. The molecule has 2 nitrogen and oxygen atoms in total. The van der Waals surface area contributed by atoms with E-state index in [9.17, 15) is 5.11 Å². The van der Waals surface area contributed by atoms with Gasteiger partial charge in [-0.15, -0.1) is 0 Å². The van der Waals surface area contributed by atoms with Crippen molar-refractivity contribution >= 4 is 0 Å². The minimum atomic E-state index is 0.244. The average Bonchev–Trinajstić information content (AvgIpc) is 2.20. The molecule has 0 saturated heterocycles. The maximum Gasteiger partial charge on any atom is 0.124 e. The number of nitrogens with zero attached hydrogens (tertiary/aromatic N) is 1. The Bertz CT molecular complexity index is 398. The normalized spacial score (nSPS) is 9.85. The van der Waals surface area contributed by atoms with Crippen molar-refractivity contribution in [3.8, 4) is 16.9 Å². The second-order valence-electron chi connectivity index (χ2n) is 2.68. The van der Waals surface area contributed by atoms with E-state index in [0.717, 1.165) is 11.1 Å². The Morgan fingerprint density at radius 3 is 2.62 bits per heavy atom. The highest BCUT2D eigenvalue weighted by Gasteiger charge is 2.00. The summed E-state index contributed by atoms with van der Waals surface area (Å²) in [5, 5.41) is 9.51. The van der Waals surface area contributed by atoms with Crippen LogP contribution in [0.5, 0.6) is 5.75 Å². The number of aromatic nitrogens is 1. The van der Waals surface area contributed by atoms with E-state index in [1.54, 1.807) is 24.5 Å².